The number of likely N-dealkylation sites (tertiary alicyclic amines) is 1. The predicted octanol–water partition coefficient (Wildman–Crippen LogP) is 7.10. The summed E-state index contributed by atoms with van der Waals surface area (Å²) in [5, 5.41) is 0. The normalized spacial score (nSPS) is 16.6. The number of carbonyl (C=O) groups is 2. The molecule has 3 heterocycles. The number of aromatic nitrogens is 4. The number of rotatable bonds is 13. The van der Waals surface area contributed by atoms with E-state index in [0.29, 0.717) is 18.2 Å². The third kappa shape index (κ3) is 8.61. The number of likely N-dealkylation sites (N-methyl/N-ethyl adjacent to an activating group) is 3. The number of aromatic amines is 2. The van der Waals surface area contributed by atoms with Gasteiger partial charge in [0.2, 0.25) is 11.8 Å². The highest BCUT2D eigenvalue weighted by molar-refractivity contribution is 6.02. The molecule has 0 saturated carbocycles. The van der Waals surface area contributed by atoms with Gasteiger partial charge in [0.1, 0.15) is 23.7 Å². The molecule has 2 N–H and O–H groups in total. The van der Waals surface area contributed by atoms with E-state index in [-0.39, 0.29) is 29.9 Å². The standard InChI is InChI=1S/C44H52N10O2/c1-29(35-27-48-42(49-35)37-20-15-25-54(37)44(56)39(52(6)7)33-18-13-10-14-19-33)26-46-41(45-3)34-23-21-31(22-24-34)36-28-47-40(50-36)30(2)53(8)43(55)38(51(4)5)32-16-11-9-12-17-32/h9-14,16-19,21-24,26-28,30,37-39H,3,15,20,25H2,1-2,4-8H3,(H,47,50)(H,48,49)/b29-26+,46-41-/t30-,37-,38+,39+/m0/s1. The fraction of sp³-hybridized carbons (Fsp3) is 0.318. The van der Waals surface area contributed by atoms with Crippen molar-refractivity contribution < 1.29 is 9.59 Å². The van der Waals surface area contributed by atoms with Crippen LogP contribution in [-0.2, 0) is 9.59 Å². The highest BCUT2D eigenvalue weighted by Crippen LogP contribution is 2.35. The molecule has 5 aromatic rings. The van der Waals surface area contributed by atoms with Crippen molar-refractivity contribution in [3.8, 4) is 11.3 Å². The molecule has 56 heavy (non-hydrogen) atoms. The van der Waals surface area contributed by atoms with Crippen LogP contribution < -0.4 is 0 Å². The minimum atomic E-state index is -0.405. The number of hydrogen-bond donors (Lipinski definition) is 2. The van der Waals surface area contributed by atoms with E-state index in [1.165, 1.54) is 0 Å². The lowest BCUT2D eigenvalue weighted by atomic mass is 10.0. The lowest BCUT2D eigenvalue weighted by Gasteiger charge is -2.31. The SMILES string of the molecule is C=N/C(=N\C=C(/C)c1cnc([C@@H]2CCCN2C(=O)[C@@H](c2ccccc2)N(C)C)[nH]1)c1ccc(-c2cnc([C@H](C)N(C)C(=O)[C@@H](c3ccccc3)N(C)C)[nH]2)cc1. The smallest absolute Gasteiger partial charge is 0.245 e. The first-order valence-corrected chi connectivity index (χ1v) is 18.9. The van der Waals surface area contributed by atoms with Crippen LogP contribution in [0.25, 0.3) is 16.8 Å². The van der Waals surface area contributed by atoms with E-state index in [4.69, 9.17) is 4.98 Å². The molecular weight excluding hydrogens is 701 g/mol. The van der Waals surface area contributed by atoms with Crippen LogP contribution in [-0.4, -0.2) is 106 Å². The topological polar surface area (TPSA) is 129 Å². The van der Waals surface area contributed by atoms with E-state index < -0.39 is 6.04 Å². The van der Waals surface area contributed by atoms with Crippen molar-refractivity contribution in [3.05, 3.63) is 138 Å². The van der Waals surface area contributed by atoms with Gasteiger partial charge in [-0.05, 0) is 83.9 Å². The number of H-pyrrole nitrogens is 2. The number of carbonyl (C=O) groups excluding carboxylic acids is 2. The largest absolute Gasteiger partial charge is 0.340 e. The summed E-state index contributed by atoms with van der Waals surface area (Å²) in [6, 6.07) is 26.4. The Morgan fingerprint density at radius 3 is 2.09 bits per heavy atom. The minimum absolute atomic E-state index is 0.0122. The lowest BCUT2D eigenvalue weighted by Crippen LogP contribution is -2.40. The number of amides is 2. The Labute approximate surface area is 329 Å². The van der Waals surface area contributed by atoms with Gasteiger partial charge in [-0.1, -0.05) is 84.9 Å². The first-order chi connectivity index (χ1) is 27.0. The van der Waals surface area contributed by atoms with E-state index >= 15 is 0 Å². The van der Waals surface area contributed by atoms with Gasteiger partial charge in [-0.2, -0.15) is 0 Å². The molecular formula is C44H52N10O2. The summed E-state index contributed by atoms with van der Waals surface area (Å²) >= 11 is 0. The fourth-order valence-electron chi connectivity index (χ4n) is 7.27. The summed E-state index contributed by atoms with van der Waals surface area (Å²) in [6.07, 6.45) is 7.10. The van der Waals surface area contributed by atoms with E-state index in [1.54, 1.807) is 23.5 Å². The molecule has 1 fully saturated rings. The van der Waals surface area contributed by atoms with E-state index in [1.807, 2.05) is 149 Å². The van der Waals surface area contributed by atoms with Gasteiger partial charge in [-0.15, -0.1) is 0 Å². The maximum atomic E-state index is 13.9. The van der Waals surface area contributed by atoms with Crippen LogP contribution in [0, 0.1) is 0 Å². The number of imidazole rings is 2. The maximum absolute atomic E-state index is 13.9. The van der Waals surface area contributed by atoms with Gasteiger partial charge in [-0.3, -0.25) is 19.4 Å². The highest BCUT2D eigenvalue weighted by atomic mass is 16.2. The summed E-state index contributed by atoms with van der Waals surface area (Å²) in [4.78, 5) is 60.2. The van der Waals surface area contributed by atoms with Crippen molar-refractivity contribution >= 4 is 29.9 Å². The summed E-state index contributed by atoms with van der Waals surface area (Å²) in [5.74, 6) is 2.00. The van der Waals surface area contributed by atoms with Gasteiger partial charge in [0, 0.05) is 25.4 Å². The second kappa shape index (κ2) is 17.7. The second-order valence-electron chi connectivity index (χ2n) is 14.7. The fourth-order valence-corrected chi connectivity index (χ4v) is 7.27. The van der Waals surface area contributed by atoms with Gasteiger partial charge < -0.3 is 19.8 Å². The van der Waals surface area contributed by atoms with Gasteiger partial charge in [0.05, 0.1) is 35.9 Å². The van der Waals surface area contributed by atoms with Crippen LogP contribution in [0.2, 0.25) is 0 Å². The molecule has 12 heteroatoms. The summed E-state index contributed by atoms with van der Waals surface area (Å²) in [5.41, 5.74) is 6.19. The van der Waals surface area contributed by atoms with Crippen LogP contribution in [0.1, 0.15) is 84.9 Å². The molecule has 1 aliphatic rings. The van der Waals surface area contributed by atoms with Crippen LogP contribution in [0.5, 0.6) is 0 Å². The molecule has 6 rings (SSSR count). The molecule has 4 atom stereocenters. The number of benzene rings is 3. The molecule has 0 radical (unpaired) electrons. The Hall–Kier alpha value is -5.98. The monoisotopic (exact) mass is 752 g/mol. The predicted molar refractivity (Wildman–Crippen MR) is 223 cm³/mol. The van der Waals surface area contributed by atoms with Gasteiger partial charge in [0.15, 0.2) is 5.84 Å². The average Bonchev–Trinajstić information content (AvgIpc) is 4.00. The van der Waals surface area contributed by atoms with E-state index in [9.17, 15) is 9.59 Å². The maximum Gasteiger partial charge on any atom is 0.245 e. The minimum Gasteiger partial charge on any atom is -0.340 e. The van der Waals surface area contributed by atoms with Crippen molar-refractivity contribution in [2.45, 2.75) is 50.9 Å². The molecule has 0 aliphatic carbocycles. The molecule has 0 unspecified atom stereocenters. The molecule has 1 saturated heterocycles. The molecule has 0 spiro atoms. The Morgan fingerprint density at radius 1 is 0.857 bits per heavy atom. The molecule has 2 amide bonds. The van der Waals surface area contributed by atoms with Crippen molar-refractivity contribution in [2.24, 2.45) is 9.98 Å². The average molecular weight is 753 g/mol. The van der Waals surface area contributed by atoms with Crippen LogP contribution in [0.4, 0.5) is 0 Å². The first kappa shape index (κ1) is 39.7. The Balaban J connectivity index is 1.12. The molecule has 2 aromatic heterocycles. The second-order valence-corrected chi connectivity index (χ2v) is 14.7. The molecule has 1 aliphatic heterocycles. The van der Waals surface area contributed by atoms with Crippen molar-refractivity contribution in [2.75, 3.05) is 41.8 Å². The van der Waals surface area contributed by atoms with Crippen molar-refractivity contribution in [3.63, 3.8) is 0 Å². The van der Waals surface area contributed by atoms with Gasteiger partial charge in [-0.25, -0.2) is 20.0 Å². The number of allylic oxidation sites excluding steroid dienone is 1. The number of hydrogen-bond acceptors (Lipinski definition) is 7. The zero-order valence-electron chi connectivity index (χ0n) is 33.3. The van der Waals surface area contributed by atoms with Crippen molar-refractivity contribution in [1.29, 1.82) is 0 Å². The van der Waals surface area contributed by atoms with Gasteiger partial charge in [0.25, 0.3) is 0 Å². The van der Waals surface area contributed by atoms with Gasteiger partial charge >= 0.3 is 0 Å². The summed E-state index contributed by atoms with van der Waals surface area (Å²) < 4.78 is 0. The zero-order valence-corrected chi connectivity index (χ0v) is 33.3. The highest BCUT2D eigenvalue weighted by Gasteiger charge is 2.37. The Bertz CT molecular complexity index is 2170. The number of nitrogens with zero attached hydrogens (tertiary/aromatic N) is 8. The molecule has 12 nitrogen and oxygen atoms in total. The molecule has 290 valence electrons. The Morgan fingerprint density at radius 2 is 1.48 bits per heavy atom. The quantitative estimate of drug-likeness (QED) is 0.0976. The third-order valence-corrected chi connectivity index (χ3v) is 10.5. The zero-order chi connectivity index (χ0) is 39.9. The third-order valence-electron chi connectivity index (χ3n) is 10.5. The van der Waals surface area contributed by atoms with Crippen molar-refractivity contribution in [1.82, 2.24) is 39.5 Å². The summed E-state index contributed by atoms with van der Waals surface area (Å²) in [6.45, 7) is 8.39. The van der Waals surface area contributed by atoms with E-state index in [0.717, 1.165) is 57.9 Å². The van der Waals surface area contributed by atoms with Crippen LogP contribution >= 0.6 is 0 Å². The summed E-state index contributed by atoms with van der Waals surface area (Å²) in [7, 11) is 9.52. The Kier molecular flexibility index (Phi) is 12.5. The number of amidine groups is 1. The first-order valence-electron chi connectivity index (χ1n) is 18.9. The molecule has 0 bridgehead atoms. The van der Waals surface area contributed by atoms with Crippen LogP contribution in [0.15, 0.2) is 114 Å². The van der Waals surface area contributed by atoms with Crippen LogP contribution in [0.3, 0.4) is 0 Å². The number of nitrogens with one attached hydrogen (secondary N) is 2. The number of aliphatic imine (C=N–C) groups is 2. The van der Waals surface area contributed by atoms with E-state index in [2.05, 4.69) is 31.7 Å². The lowest BCUT2D eigenvalue weighted by molar-refractivity contribution is -0.138. The molecule has 3 aromatic carbocycles.